The van der Waals surface area contributed by atoms with E-state index in [1.807, 2.05) is 20.8 Å². The van der Waals surface area contributed by atoms with Crippen molar-refractivity contribution in [3.05, 3.63) is 0 Å². The number of amides is 1. The van der Waals surface area contributed by atoms with Gasteiger partial charge in [0.05, 0.1) is 12.6 Å². The SMILES string of the molecule is CC(C)(C)OC(=O)N[C@@H]1CCCN[C@@H]1CO. The number of carbonyl (C=O) groups excluding carboxylic acids is 1. The number of nitrogens with one attached hydrogen (secondary N) is 2. The number of hydrogen-bond acceptors (Lipinski definition) is 4. The topological polar surface area (TPSA) is 70.6 Å². The maximum absolute atomic E-state index is 11.5. The lowest BCUT2D eigenvalue weighted by molar-refractivity contribution is 0.0468. The summed E-state index contributed by atoms with van der Waals surface area (Å²) in [7, 11) is 0. The van der Waals surface area contributed by atoms with Crippen LogP contribution in [0, 0.1) is 0 Å². The van der Waals surface area contributed by atoms with Gasteiger partial charge in [0.15, 0.2) is 0 Å². The Morgan fingerprint density at radius 3 is 2.81 bits per heavy atom. The van der Waals surface area contributed by atoms with Crippen LogP contribution >= 0.6 is 0 Å². The first-order valence-electron chi connectivity index (χ1n) is 5.76. The van der Waals surface area contributed by atoms with Gasteiger partial charge >= 0.3 is 6.09 Å². The molecular formula is C11H22N2O3. The molecule has 5 nitrogen and oxygen atoms in total. The third-order valence-electron chi connectivity index (χ3n) is 2.48. The van der Waals surface area contributed by atoms with Gasteiger partial charge in [-0.15, -0.1) is 0 Å². The maximum atomic E-state index is 11.5. The van der Waals surface area contributed by atoms with Gasteiger partial charge in [-0.25, -0.2) is 4.79 Å². The monoisotopic (exact) mass is 230 g/mol. The number of aliphatic hydroxyl groups is 1. The summed E-state index contributed by atoms with van der Waals surface area (Å²) in [5.74, 6) is 0. The minimum absolute atomic E-state index is 0.0282. The molecule has 0 spiro atoms. The third kappa shape index (κ3) is 4.37. The number of ether oxygens (including phenoxy) is 1. The molecule has 2 atom stereocenters. The molecule has 1 heterocycles. The Bertz CT molecular complexity index is 238. The Labute approximate surface area is 96.6 Å². The predicted molar refractivity (Wildman–Crippen MR) is 61.3 cm³/mol. The van der Waals surface area contributed by atoms with Crippen molar-refractivity contribution < 1.29 is 14.6 Å². The average Bonchev–Trinajstić information content (AvgIpc) is 2.15. The Morgan fingerprint density at radius 1 is 1.56 bits per heavy atom. The van der Waals surface area contributed by atoms with E-state index < -0.39 is 11.7 Å². The molecule has 1 rings (SSSR count). The molecule has 0 bridgehead atoms. The van der Waals surface area contributed by atoms with E-state index in [0.717, 1.165) is 19.4 Å². The van der Waals surface area contributed by atoms with Crippen LogP contribution in [-0.4, -0.2) is 42.0 Å². The highest BCUT2D eigenvalue weighted by molar-refractivity contribution is 5.68. The van der Waals surface area contributed by atoms with E-state index in [2.05, 4.69) is 10.6 Å². The summed E-state index contributed by atoms with van der Waals surface area (Å²) in [5.41, 5.74) is -0.485. The fourth-order valence-electron chi connectivity index (χ4n) is 1.78. The standard InChI is InChI=1S/C11H22N2O3/c1-11(2,3)16-10(15)13-8-5-4-6-12-9(8)7-14/h8-9,12,14H,4-7H2,1-3H3,(H,13,15)/t8-,9-/m1/s1. The second kappa shape index (κ2) is 5.50. The van der Waals surface area contributed by atoms with Crippen molar-refractivity contribution >= 4 is 6.09 Å². The molecule has 0 aromatic rings. The van der Waals surface area contributed by atoms with Crippen molar-refractivity contribution in [2.75, 3.05) is 13.2 Å². The molecule has 0 radical (unpaired) electrons. The number of rotatable bonds is 2. The third-order valence-corrected chi connectivity index (χ3v) is 2.48. The molecule has 3 N–H and O–H groups in total. The lowest BCUT2D eigenvalue weighted by atomic mass is 9.99. The van der Waals surface area contributed by atoms with Crippen molar-refractivity contribution in [1.82, 2.24) is 10.6 Å². The average molecular weight is 230 g/mol. The number of hydrogen-bond donors (Lipinski definition) is 3. The van der Waals surface area contributed by atoms with E-state index in [1.54, 1.807) is 0 Å². The van der Waals surface area contributed by atoms with Crippen LogP contribution < -0.4 is 10.6 Å². The zero-order valence-electron chi connectivity index (χ0n) is 10.2. The van der Waals surface area contributed by atoms with Gasteiger partial charge in [0.25, 0.3) is 0 Å². The highest BCUT2D eigenvalue weighted by Gasteiger charge is 2.27. The van der Waals surface area contributed by atoms with Crippen molar-refractivity contribution in [3.63, 3.8) is 0 Å². The first kappa shape index (κ1) is 13.3. The van der Waals surface area contributed by atoms with Crippen molar-refractivity contribution in [3.8, 4) is 0 Å². The minimum atomic E-state index is -0.485. The molecule has 1 fully saturated rings. The van der Waals surface area contributed by atoms with Gasteiger partial charge in [-0.05, 0) is 40.2 Å². The molecule has 1 saturated heterocycles. The van der Waals surface area contributed by atoms with Crippen LogP contribution in [0.1, 0.15) is 33.6 Å². The second-order valence-electron chi connectivity index (χ2n) is 5.14. The lowest BCUT2D eigenvalue weighted by Gasteiger charge is -2.32. The number of carbonyl (C=O) groups is 1. The van der Waals surface area contributed by atoms with E-state index in [0.29, 0.717) is 0 Å². The summed E-state index contributed by atoms with van der Waals surface area (Å²) in [6.45, 7) is 6.40. The smallest absolute Gasteiger partial charge is 0.407 e. The van der Waals surface area contributed by atoms with Crippen LogP contribution in [0.5, 0.6) is 0 Å². The van der Waals surface area contributed by atoms with Gasteiger partial charge in [-0.2, -0.15) is 0 Å². The Morgan fingerprint density at radius 2 is 2.25 bits per heavy atom. The second-order valence-corrected chi connectivity index (χ2v) is 5.14. The summed E-state index contributed by atoms with van der Waals surface area (Å²) in [5, 5.41) is 15.1. The highest BCUT2D eigenvalue weighted by atomic mass is 16.6. The summed E-state index contributed by atoms with van der Waals surface area (Å²) in [6, 6.07) is -0.116. The zero-order chi connectivity index (χ0) is 12.2. The summed E-state index contributed by atoms with van der Waals surface area (Å²) in [6.07, 6.45) is 1.45. The lowest BCUT2D eigenvalue weighted by Crippen LogP contribution is -2.55. The fraction of sp³-hybridized carbons (Fsp3) is 0.909. The molecule has 5 heteroatoms. The number of aliphatic hydroxyl groups excluding tert-OH is 1. The van der Waals surface area contributed by atoms with Crippen LogP contribution in [0.15, 0.2) is 0 Å². The Hall–Kier alpha value is -0.810. The van der Waals surface area contributed by atoms with Gasteiger partial charge in [-0.1, -0.05) is 0 Å². The summed E-state index contributed by atoms with van der Waals surface area (Å²) in [4.78, 5) is 11.5. The van der Waals surface area contributed by atoms with Crippen molar-refractivity contribution in [2.24, 2.45) is 0 Å². The molecule has 1 aliphatic rings. The fourth-order valence-corrected chi connectivity index (χ4v) is 1.78. The molecule has 1 amide bonds. The summed E-state index contributed by atoms with van der Waals surface area (Å²) >= 11 is 0. The molecule has 94 valence electrons. The van der Waals surface area contributed by atoms with Gasteiger partial charge in [0, 0.05) is 6.04 Å². The molecule has 16 heavy (non-hydrogen) atoms. The van der Waals surface area contributed by atoms with Crippen LogP contribution in [0.3, 0.4) is 0 Å². The molecule has 0 saturated carbocycles. The van der Waals surface area contributed by atoms with Crippen LogP contribution in [0.2, 0.25) is 0 Å². The van der Waals surface area contributed by atoms with Crippen LogP contribution in [0.4, 0.5) is 4.79 Å². The molecule has 0 aromatic heterocycles. The predicted octanol–water partition coefficient (Wildman–Crippen LogP) is 0.624. The maximum Gasteiger partial charge on any atom is 0.407 e. The Balaban J connectivity index is 2.42. The number of piperidine rings is 1. The quantitative estimate of drug-likeness (QED) is 0.650. The molecule has 0 aliphatic carbocycles. The Kier molecular flexibility index (Phi) is 4.56. The zero-order valence-corrected chi connectivity index (χ0v) is 10.2. The molecular weight excluding hydrogens is 208 g/mol. The van der Waals surface area contributed by atoms with Crippen LogP contribution in [-0.2, 0) is 4.74 Å². The van der Waals surface area contributed by atoms with Gasteiger partial charge in [0.2, 0.25) is 0 Å². The van der Waals surface area contributed by atoms with Crippen molar-refractivity contribution in [1.29, 1.82) is 0 Å². The highest BCUT2D eigenvalue weighted by Crippen LogP contribution is 2.11. The van der Waals surface area contributed by atoms with Gasteiger partial charge in [0.1, 0.15) is 5.60 Å². The molecule has 1 aliphatic heterocycles. The summed E-state index contributed by atoms with van der Waals surface area (Å²) < 4.78 is 5.17. The van der Waals surface area contributed by atoms with Gasteiger partial charge in [-0.3, -0.25) is 0 Å². The van der Waals surface area contributed by atoms with E-state index in [9.17, 15) is 4.79 Å². The first-order valence-corrected chi connectivity index (χ1v) is 5.76. The number of alkyl carbamates (subject to hydrolysis) is 1. The largest absolute Gasteiger partial charge is 0.444 e. The van der Waals surface area contributed by atoms with E-state index in [-0.39, 0.29) is 18.7 Å². The van der Waals surface area contributed by atoms with E-state index in [4.69, 9.17) is 9.84 Å². The molecule has 0 aromatic carbocycles. The van der Waals surface area contributed by atoms with E-state index in [1.165, 1.54) is 0 Å². The van der Waals surface area contributed by atoms with Crippen LogP contribution in [0.25, 0.3) is 0 Å². The minimum Gasteiger partial charge on any atom is -0.444 e. The first-order chi connectivity index (χ1) is 7.42. The normalized spacial score (nSPS) is 26.2. The van der Waals surface area contributed by atoms with Gasteiger partial charge < -0.3 is 20.5 Å². The van der Waals surface area contributed by atoms with E-state index >= 15 is 0 Å². The molecule has 0 unspecified atom stereocenters. The van der Waals surface area contributed by atoms with Crippen molar-refractivity contribution in [2.45, 2.75) is 51.3 Å².